The van der Waals surface area contributed by atoms with Gasteiger partial charge in [-0.15, -0.1) is 0 Å². The summed E-state index contributed by atoms with van der Waals surface area (Å²) in [6, 6.07) is 6.40. The smallest absolute Gasteiger partial charge is 0.309 e. The van der Waals surface area contributed by atoms with Crippen LogP contribution < -0.4 is 0 Å². The van der Waals surface area contributed by atoms with E-state index in [4.69, 9.17) is 4.74 Å². The van der Waals surface area contributed by atoms with E-state index in [-0.39, 0.29) is 23.7 Å². The van der Waals surface area contributed by atoms with Gasteiger partial charge in [0.05, 0.1) is 10.8 Å². The average Bonchev–Trinajstić information content (AvgIpc) is 2.91. The van der Waals surface area contributed by atoms with Gasteiger partial charge in [0.25, 0.3) is 5.69 Å². The largest absolute Gasteiger partial charge is 0.462 e. The van der Waals surface area contributed by atoms with Gasteiger partial charge in [0.1, 0.15) is 6.10 Å². The zero-order chi connectivity index (χ0) is 14.5. The Morgan fingerprint density at radius 1 is 1.45 bits per heavy atom. The predicted molar refractivity (Wildman–Crippen MR) is 74.3 cm³/mol. The number of nitro groups is 1. The van der Waals surface area contributed by atoms with Crippen LogP contribution >= 0.6 is 0 Å². The number of nitro benzene ring substituents is 1. The van der Waals surface area contributed by atoms with Crippen molar-refractivity contribution in [3.8, 4) is 0 Å². The molecule has 0 spiro atoms. The van der Waals surface area contributed by atoms with Crippen LogP contribution in [0.1, 0.15) is 38.2 Å². The Morgan fingerprint density at radius 2 is 2.15 bits per heavy atom. The van der Waals surface area contributed by atoms with E-state index in [2.05, 4.69) is 0 Å². The Balaban J connectivity index is 1.92. The zero-order valence-corrected chi connectivity index (χ0v) is 11.6. The van der Waals surface area contributed by atoms with E-state index in [0.29, 0.717) is 6.42 Å². The van der Waals surface area contributed by atoms with Gasteiger partial charge in [-0.05, 0) is 37.7 Å². The Hall–Kier alpha value is -1.91. The first-order chi connectivity index (χ1) is 9.56. The van der Waals surface area contributed by atoms with Crippen LogP contribution in [0.4, 0.5) is 5.69 Å². The molecule has 0 heterocycles. The lowest BCUT2D eigenvalue weighted by molar-refractivity contribution is -0.384. The molecule has 108 valence electrons. The lowest BCUT2D eigenvalue weighted by atomic mass is 10.0. The van der Waals surface area contributed by atoms with E-state index in [1.165, 1.54) is 12.1 Å². The van der Waals surface area contributed by atoms with Crippen LogP contribution in [0.5, 0.6) is 0 Å². The molecule has 1 aromatic carbocycles. The van der Waals surface area contributed by atoms with Crippen LogP contribution in [0.25, 0.3) is 0 Å². The lowest BCUT2D eigenvalue weighted by Crippen LogP contribution is -2.22. The SMILES string of the molecule is CC(Cc1cccc([N+](=O)[O-])c1)C(=O)OC1CCCC1. The normalized spacial score (nSPS) is 16.9. The molecule has 0 saturated heterocycles. The van der Waals surface area contributed by atoms with Crippen molar-refractivity contribution in [2.75, 3.05) is 0 Å². The average molecular weight is 277 g/mol. The van der Waals surface area contributed by atoms with E-state index in [1.54, 1.807) is 19.1 Å². The zero-order valence-electron chi connectivity index (χ0n) is 11.6. The highest BCUT2D eigenvalue weighted by molar-refractivity contribution is 5.72. The second kappa shape index (κ2) is 6.50. The second-order valence-electron chi connectivity index (χ2n) is 5.38. The van der Waals surface area contributed by atoms with Crippen molar-refractivity contribution in [2.45, 2.75) is 45.1 Å². The minimum absolute atomic E-state index is 0.0545. The number of non-ortho nitro benzene ring substituents is 1. The van der Waals surface area contributed by atoms with E-state index < -0.39 is 4.92 Å². The molecule has 0 N–H and O–H groups in total. The summed E-state index contributed by atoms with van der Waals surface area (Å²) in [7, 11) is 0. The predicted octanol–water partition coefficient (Wildman–Crippen LogP) is 3.26. The van der Waals surface area contributed by atoms with Crippen molar-refractivity contribution in [3.05, 3.63) is 39.9 Å². The fraction of sp³-hybridized carbons (Fsp3) is 0.533. The minimum Gasteiger partial charge on any atom is -0.462 e. The van der Waals surface area contributed by atoms with Gasteiger partial charge in [-0.25, -0.2) is 0 Å². The second-order valence-corrected chi connectivity index (χ2v) is 5.38. The summed E-state index contributed by atoms with van der Waals surface area (Å²) in [6.07, 6.45) is 4.68. The van der Waals surface area contributed by atoms with Crippen molar-refractivity contribution >= 4 is 11.7 Å². The molecule has 2 rings (SSSR count). The fourth-order valence-corrected chi connectivity index (χ4v) is 2.52. The van der Waals surface area contributed by atoms with Crippen LogP contribution in [-0.2, 0) is 16.0 Å². The molecule has 5 nitrogen and oxygen atoms in total. The quantitative estimate of drug-likeness (QED) is 0.470. The van der Waals surface area contributed by atoms with Gasteiger partial charge in [0, 0.05) is 12.1 Å². The first-order valence-electron chi connectivity index (χ1n) is 7.00. The Kier molecular flexibility index (Phi) is 4.71. The molecule has 0 aliphatic heterocycles. The molecule has 1 aliphatic carbocycles. The molecule has 0 bridgehead atoms. The van der Waals surface area contributed by atoms with Crippen molar-refractivity contribution < 1.29 is 14.5 Å². The molecule has 1 fully saturated rings. The van der Waals surface area contributed by atoms with Crippen LogP contribution in [0, 0.1) is 16.0 Å². The summed E-state index contributed by atoms with van der Waals surface area (Å²) in [6.45, 7) is 1.80. The number of esters is 1. The molecular weight excluding hydrogens is 258 g/mol. The van der Waals surface area contributed by atoms with Crippen LogP contribution in [-0.4, -0.2) is 17.0 Å². The summed E-state index contributed by atoms with van der Waals surface area (Å²) >= 11 is 0. The molecule has 1 unspecified atom stereocenters. The van der Waals surface area contributed by atoms with Gasteiger partial charge in [-0.3, -0.25) is 14.9 Å². The Labute approximate surface area is 118 Å². The summed E-state index contributed by atoms with van der Waals surface area (Å²) in [5, 5.41) is 10.7. The van der Waals surface area contributed by atoms with E-state index in [9.17, 15) is 14.9 Å². The summed E-state index contributed by atoms with van der Waals surface area (Å²) in [5.41, 5.74) is 0.842. The van der Waals surface area contributed by atoms with Crippen LogP contribution in [0.3, 0.4) is 0 Å². The van der Waals surface area contributed by atoms with E-state index >= 15 is 0 Å². The van der Waals surface area contributed by atoms with Crippen LogP contribution in [0.2, 0.25) is 0 Å². The highest BCUT2D eigenvalue weighted by Gasteiger charge is 2.23. The highest BCUT2D eigenvalue weighted by atomic mass is 16.6. The lowest BCUT2D eigenvalue weighted by Gasteiger charge is -2.15. The maximum absolute atomic E-state index is 12.0. The topological polar surface area (TPSA) is 69.4 Å². The maximum Gasteiger partial charge on any atom is 0.309 e. The molecule has 1 saturated carbocycles. The third-order valence-electron chi connectivity index (χ3n) is 3.65. The third kappa shape index (κ3) is 3.79. The molecule has 5 heteroatoms. The molecule has 1 aromatic rings. The Bertz CT molecular complexity index is 494. The van der Waals surface area contributed by atoms with Crippen molar-refractivity contribution in [3.63, 3.8) is 0 Å². The first kappa shape index (κ1) is 14.5. The number of hydrogen-bond acceptors (Lipinski definition) is 4. The number of nitrogens with zero attached hydrogens (tertiary/aromatic N) is 1. The molecule has 0 radical (unpaired) electrons. The first-order valence-corrected chi connectivity index (χ1v) is 7.00. The maximum atomic E-state index is 12.0. The standard InChI is InChI=1S/C15H19NO4/c1-11(15(17)20-14-7-2-3-8-14)9-12-5-4-6-13(10-12)16(18)19/h4-6,10-11,14H,2-3,7-9H2,1H3. The van der Waals surface area contributed by atoms with Gasteiger partial charge in [-0.1, -0.05) is 19.1 Å². The van der Waals surface area contributed by atoms with Gasteiger partial charge < -0.3 is 4.74 Å². The highest BCUT2D eigenvalue weighted by Crippen LogP contribution is 2.23. The molecule has 0 aromatic heterocycles. The molecule has 0 amide bonds. The van der Waals surface area contributed by atoms with Crippen molar-refractivity contribution in [2.24, 2.45) is 5.92 Å². The summed E-state index contributed by atoms with van der Waals surface area (Å²) < 4.78 is 5.45. The molecule has 1 atom stereocenters. The number of benzene rings is 1. The Morgan fingerprint density at radius 3 is 2.80 bits per heavy atom. The van der Waals surface area contributed by atoms with Gasteiger partial charge in [0.15, 0.2) is 0 Å². The monoisotopic (exact) mass is 277 g/mol. The van der Waals surface area contributed by atoms with Crippen molar-refractivity contribution in [1.29, 1.82) is 0 Å². The summed E-state index contributed by atoms with van der Waals surface area (Å²) in [5.74, 6) is -0.485. The molecular formula is C15H19NO4. The van der Waals surface area contributed by atoms with Gasteiger partial charge in [0.2, 0.25) is 0 Å². The number of hydrogen-bond donors (Lipinski definition) is 0. The van der Waals surface area contributed by atoms with E-state index in [0.717, 1.165) is 31.2 Å². The summed E-state index contributed by atoms with van der Waals surface area (Å²) in [4.78, 5) is 22.3. The minimum atomic E-state index is -0.426. The van der Waals surface area contributed by atoms with Gasteiger partial charge in [-0.2, -0.15) is 0 Å². The number of rotatable bonds is 5. The number of carbonyl (C=O) groups is 1. The van der Waals surface area contributed by atoms with Gasteiger partial charge >= 0.3 is 5.97 Å². The molecule has 20 heavy (non-hydrogen) atoms. The number of ether oxygens (including phenoxy) is 1. The number of carbonyl (C=O) groups excluding carboxylic acids is 1. The van der Waals surface area contributed by atoms with E-state index in [1.807, 2.05) is 0 Å². The van der Waals surface area contributed by atoms with Crippen molar-refractivity contribution in [1.82, 2.24) is 0 Å². The molecule has 1 aliphatic rings. The van der Waals surface area contributed by atoms with Crippen LogP contribution in [0.15, 0.2) is 24.3 Å². The fourth-order valence-electron chi connectivity index (χ4n) is 2.52. The third-order valence-corrected chi connectivity index (χ3v) is 3.65.